The van der Waals surface area contributed by atoms with Crippen LogP contribution in [0.1, 0.15) is 13.8 Å². The van der Waals surface area contributed by atoms with Crippen LogP contribution in [0, 0.1) is 5.92 Å². The minimum atomic E-state index is -5.14. The van der Waals surface area contributed by atoms with Gasteiger partial charge in [-0.15, -0.1) is 0 Å². The Morgan fingerprint density at radius 2 is 1.64 bits per heavy atom. The maximum Gasteiger partial charge on any atom is 2.00 e. The van der Waals surface area contributed by atoms with Crippen LogP contribution in [0.15, 0.2) is 0 Å². The number of phosphoric acid groups is 1. The normalized spacial score (nSPS) is 12.2. The first-order valence-corrected chi connectivity index (χ1v) is 4.78. The van der Waals surface area contributed by atoms with Gasteiger partial charge < -0.3 is 30.1 Å². The number of hydrogen-bond donors (Lipinski definition) is 3. The summed E-state index contributed by atoms with van der Waals surface area (Å²) in [6.07, 6.45) is 0. The summed E-state index contributed by atoms with van der Waals surface area (Å²) in [6.45, 7) is 3.55. The molecule has 9 heteroatoms. The van der Waals surface area contributed by atoms with Gasteiger partial charge >= 0.3 is 43.7 Å². The van der Waals surface area contributed by atoms with Gasteiger partial charge in [0.2, 0.25) is 0 Å². The second-order valence-electron chi connectivity index (χ2n) is 2.58. The molecule has 0 saturated heterocycles. The van der Waals surface area contributed by atoms with E-state index in [4.69, 9.17) is 30.1 Å². The Kier molecular flexibility index (Phi) is 13.1. The quantitative estimate of drug-likeness (QED) is 0.363. The molecule has 80 valence electrons. The first-order chi connectivity index (χ1) is 5.55. The predicted octanol–water partition coefficient (Wildman–Crippen LogP) is -2.52. The summed E-state index contributed by atoms with van der Waals surface area (Å²) in [6, 6.07) is -0.713. The zero-order chi connectivity index (χ0) is 11.2. The van der Waals surface area contributed by atoms with Crippen LogP contribution in [0.4, 0.5) is 0 Å². The molecule has 7 nitrogen and oxygen atoms in total. The molecule has 0 aliphatic heterocycles. The van der Waals surface area contributed by atoms with E-state index in [1.165, 1.54) is 0 Å². The molecule has 4 N–H and O–H groups in total. The van der Waals surface area contributed by atoms with Gasteiger partial charge in [-0.05, 0) is 5.92 Å². The first-order valence-electron chi connectivity index (χ1n) is 3.29. The Balaban J connectivity index is -0.000000177. The van der Waals surface area contributed by atoms with Crippen molar-refractivity contribution in [1.29, 1.82) is 0 Å². The number of carboxylic acid groups (broad SMARTS) is 1. The van der Waals surface area contributed by atoms with Crippen LogP contribution in [0.2, 0.25) is 0 Å². The minimum Gasteiger partial charge on any atom is -0.790 e. The maximum atomic E-state index is 10.0. The van der Waals surface area contributed by atoms with E-state index in [-0.39, 0.29) is 43.7 Å². The van der Waals surface area contributed by atoms with Crippen LogP contribution in [-0.2, 0) is 9.36 Å². The Bertz CT molecular complexity index is 196. The summed E-state index contributed by atoms with van der Waals surface area (Å²) in [5, 5.41) is 8.23. The number of hydrogen-bond acceptors (Lipinski definition) is 5. The van der Waals surface area contributed by atoms with E-state index in [0.717, 1.165) is 0 Å². The van der Waals surface area contributed by atoms with Crippen molar-refractivity contribution >= 4 is 51.5 Å². The summed E-state index contributed by atoms with van der Waals surface area (Å²) >= 11 is 0. The molecule has 1 atom stereocenters. The molecular formula is C5H12CaNO6P. The van der Waals surface area contributed by atoms with Gasteiger partial charge in [0.1, 0.15) is 6.04 Å². The Morgan fingerprint density at radius 1 is 1.43 bits per heavy atom. The van der Waals surface area contributed by atoms with Gasteiger partial charge in [0.15, 0.2) is 0 Å². The molecule has 0 aromatic heterocycles. The minimum absolute atomic E-state index is 0. The van der Waals surface area contributed by atoms with Crippen molar-refractivity contribution in [3.63, 3.8) is 0 Å². The molecule has 0 aliphatic carbocycles. The van der Waals surface area contributed by atoms with E-state index >= 15 is 0 Å². The van der Waals surface area contributed by atoms with Crippen LogP contribution in [-0.4, -0.2) is 59.7 Å². The second kappa shape index (κ2) is 9.06. The monoisotopic (exact) mass is 253 g/mol. The Hall–Kier alpha value is 0.800. The molecule has 0 unspecified atom stereocenters. The van der Waals surface area contributed by atoms with Crippen molar-refractivity contribution < 1.29 is 29.1 Å². The Labute approximate surface area is 112 Å². The van der Waals surface area contributed by atoms with E-state index in [2.05, 4.69) is 0 Å². The van der Waals surface area contributed by atoms with Gasteiger partial charge in [-0.2, -0.15) is 0 Å². The smallest absolute Gasteiger partial charge is 0.790 e. The molecule has 0 aromatic rings. The van der Waals surface area contributed by atoms with E-state index < -0.39 is 19.8 Å². The van der Waals surface area contributed by atoms with Crippen molar-refractivity contribution in [2.75, 3.05) is 0 Å². The van der Waals surface area contributed by atoms with Crippen LogP contribution >= 0.6 is 7.82 Å². The second-order valence-corrected chi connectivity index (χ2v) is 3.51. The fourth-order valence-electron chi connectivity index (χ4n) is 0.285. The molecule has 0 amide bonds. The molecule has 14 heavy (non-hydrogen) atoms. The molecule has 0 aliphatic rings. The summed E-state index contributed by atoms with van der Waals surface area (Å²) in [7, 11) is -5.14. The standard InChI is InChI=1S/C5H11NO2.Ca.H3O4P/c1-3(2)4(6)5(7)8;;1-5(2,3)4/h3-4H,6H2,1-2H3,(H,7,8);;(H3,1,2,3,4)/q;+2;/p-2/t4-;;/m0../s1. The third-order valence-corrected chi connectivity index (χ3v) is 1.00. The maximum absolute atomic E-state index is 10.0. The predicted molar refractivity (Wildman–Crippen MR) is 46.0 cm³/mol. The summed E-state index contributed by atoms with van der Waals surface area (Å²) in [5.41, 5.74) is 5.16. The summed E-state index contributed by atoms with van der Waals surface area (Å²) in [4.78, 5) is 34.3. The third-order valence-electron chi connectivity index (χ3n) is 1.00. The van der Waals surface area contributed by atoms with Gasteiger partial charge in [-0.3, -0.25) is 4.79 Å². The topological polar surface area (TPSA) is 147 Å². The zero-order valence-corrected chi connectivity index (χ0v) is 11.0. The van der Waals surface area contributed by atoms with Crippen LogP contribution < -0.4 is 15.5 Å². The molecule has 0 bridgehead atoms. The van der Waals surface area contributed by atoms with Crippen LogP contribution in [0.5, 0.6) is 0 Å². The molecular weight excluding hydrogens is 241 g/mol. The van der Waals surface area contributed by atoms with Crippen LogP contribution in [0.3, 0.4) is 0 Å². The van der Waals surface area contributed by atoms with Crippen molar-refractivity contribution in [2.45, 2.75) is 19.9 Å². The van der Waals surface area contributed by atoms with Crippen molar-refractivity contribution in [3.05, 3.63) is 0 Å². The van der Waals surface area contributed by atoms with E-state index in [0.29, 0.717) is 0 Å². The van der Waals surface area contributed by atoms with Gasteiger partial charge in [-0.25, -0.2) is 0 Å². The van der Waals surface area contributed by atoms with Crippen LogP contribution in [0.25, 0.3) is 0 Å². The zero-order valence-electron chi connectivity index (χ0n) is 7.91. The van der Waals surface area contributed by atoms with Gasteiger partial charge in [0.25, 0.3) is 0 Å². The SMILES string of the molecule is CC(C)[C@H](N)C(=O)O.O=P([O-])([O-])O.[Ca+2]. The number of rotatable bonds is 2. The number of carboxylic acids is 1. The van der Waals surface area contributed by atoms with E-state index in [1.807, 2.05) is 0 Å². The largest absolute Gasteiger partial charge is 2.00 e. The fourth-order valence-corrected chi connectivity index (χ4v) is 0.285. The summed E-state index contributed by atoms with van der Waals surface area (Å²) in [5.74, 6) is -0.910. The molecule has 0 fully saturated rings. The molecule has 0 rings (SSSR count). The molecule has 0 saturated carbocycles. The third kappa shape index (κ3) is 23.0. The first kappa shape index (κ1) is 20.2. The fraction of sp³-hybridized carbons (Fsp3) is 0.800. The van der Waals surface area contributed by atoms with E-state index in [1.54, 1.807) is 13.8 Å². The van der Waals surface area contributed by atoms with Gasteiger partial charge in [0, 0.05) is 0 Å². The van der Waals surface area contributed by atoms with Crippen molar-refractivity contribution in [1.82, 2.24) is 0 Å². The molecule has 0 heterocycles. The molecule has 0 aromatic carbocycles. The average molecular weight is 253 g/mol. The summed E-state index contributed by atoms with van der Waals surface area (Å²) < 4.78 is 8.66. The van der Waals surface area contributed by atoms with Gasteiger partial charge in [0.05, 0.1) is 7.82 Å². The number of nitrogens with two attached hydrogens (primary N) is 1. The Morgan fingerprint density at radius 3 is 1.64 bits per heavy atom. The number of aliphatic carboxylic acids is 1. The molecule has 0 spiro atoms. The number of carbonyl (C=O) groups is 1. The van der Waals surface area contributed by atoms with Crippen molar-refractivity contribution in [3.8, 4) is 0 Å². The average Bonchev–Trinajstić information content (AvgIpc) is 1.81. The van der Waals surface area contributed by atoms with Crippen molar-refractivity contribution in [2.24, 2.45) is 11.7 Å². The van der Waals surface area contributed by atoms with Gasteiger partial charge in [-0.1, -0.05) is 13.8 Å². The molecule has 0 radical (unpaired) electrons. The van der Waals surface area contributed by atoms with E-state index in [9.17, 15) is 4.79 Å².